The van der Waals surface area contributed by atoms with E-state index in [1.165, 1.54) is 12.8 Å². The van der Waals surface area contributed by atoms with E-state index in [2.05, 4.69) is 19.2 Å². The van der Waals surface area contributed by atoms with Gasteiger partial charge in [0.25, 0.3) is 0 Å². The number of rotatable bonds is 6. The van der Waals surface area contributed by atoms with E-state index in [1.54, 1.807) is 6.26 Å². The van der Waals surface area contributed by atoms with Gasteiger partial charge in [0.15, 0.2) is 0 Å². The van der Waals surface area contributed by atoms with Gasteiger partial charge < -0.3 is 14.8 Å². The van der Waals surface area contributed by atoms with Crippen molar-refractivity contribution in [2.45, 2.75) is 51.3 Å². The fourth-order valence-electron chi connectivity index (χ4n) is 2.18. The Morgan fingerprint density at radius 2 is 2.25 bits per heavy atom. The van der Waals surface area contributed by atoms with Gasteiger partial charge in [-0.25, -0.2) is 0 Å². The second-order valence-corrected chi connectivity index (χ2v) is 4.96. The molecular weight excluding hydrogens is 202 g/mol. The zero-order chi connectivity index (χ0) is 11.5. The molecule has 1 aliphatic carbocycles. The number of nitrogens with one attached hydrogen (secondary N) is 1. The summed E-state index contributed by atoms with van der Waals surface area (Å²) in [6.07, 6.45) is 4.50. The molecular formula is C13H21NO2. The summed E-state index contributed by atoms with van der Waals surface area (Å²) in [6.45, 7) is 4.35. The number of aliphatic hydroxyl groups excluding tert-OH is 1. The fourth-order valence-corrected chi connectivity index (χ4v) is 2.18. The van der Waals surface area contributed by atoms with Gasteiger partial charge in [-0.1, -0.05) is 0 Å². The van der Waals surface area contributed by atoms with Crippen molar-refractivity contribution < 1.29 is 9.52 Å². The summed E-state index contributed by atoms with van der Waals surface area (Å²) in [5.41, 5.74) is 0. The summed E-state index contributed by atoms with van der Waals surface area (Å²) in [7, 11) is 0. The first-order valence-corrected chi connectivity index (χ1v) is 6.14. The summed E-state index contributed by atoms with van der Waals surface area (Å²) in [5.74, 6) is 1.51. The molecule has 0 amide bonds. The molecule has 0 aromatic carbocycles. The van der Waals surface area contributed by atoms with Gasteiger partial charge in [-0.15, -0.1) is 0 Å². The molecule has 0 saturated heterocycles. The van der Waals surface area contributed by atoms with Crippen LogP contribution in [0.3, 0.4) is 0 Å². The van der Waals surface area contributed by atoms with Crippen LogP contribution in [0.15, 0.2) is 22.8 Å². The van der Waals surface area contributed by atoms with Crippen LogP contribution in [0.5, 0.6) is 0 Å². The van der Waals surface area contributed by atoms with Crippen LogP contribution in [0.25, 0.3) is 0 Å². The molecule has 1 fully saturated rings. The quantitative estimate of drug-likeness (QED) is 0.778. The molecule has 0 radical (unpaired) electrons. The Morgan fingerprint density at radius 1 is 1.50 bits per heavy atom. The Kier molecular flexibility index (Phi) is 3.66. The highest BCUT2D eigenvalue weighted by atomic mass is 16.4. The van der Waals surface area contributed by atoms with E-state index in [4.69, 9.17) is 4.42 Å². The third-order valence-corrected chi connectivity index (χ3v) is 3.32. The molecule has 2 N–H and O–H groups in total. The minimum Gasteiger partial charge on any atom is -0.467 e. The van der Waals surface area contributed by atoms with Gasteiger partial charge in [0.05, 0.1) is 6.26 Å². The number of furan rings is 1. The van der Waals surface area contributed by atoms with Crippen molar-refractivity contribution in [3.05, 3.63) is 24.2 Å². The minimum absolute atomic E-state index is 0.315. The smallest absolute Gasteiger partial charge is 0.132 e. The number of hydrogen-bond donors (Lipinski definition) is 2. The molecule has 0 bridgehead atoms. The van der Waals surface area contributed by atoms with E-state index >= 15 is 0 Å². The fraction of sp³-hybridized carbons (Fsp3) is 0.692. The monoisotopic (exact) mass is 223 g/mol. The lowest BCUT2D eigenvalue weighted by Crippen LogP contribution is -2.36. The highest BCUT2D eigenvalue weighted by Crippen LogP contribution is 2.32. The Balaban J connectivity index is 1.75. The van der Waals surface area contributed by atoms with Crippen molar-refractivity contribution in [1.29, 1.82) is 0 Å². The molecule has 90 valence electrons. The lowest BCUT2D eigenvalue weighted by Gasteiger charge is -2.21. The zero-order valence-electron chi connectivity index (χ0n) is 10.0. The average molecular weight is 223 g/mol. The molecule has 16 heavy (non-hydrogen) atoms. The van der Waals surface area contributed by atoms with Crippen molar-refractivity contribution in [1.82, 2.24) is 5.32 Å². The summed E-state index contributed by atoms with van der Waals surface area (Å²) in [5, 5.41) is 13.4. The van der Waals surface area contributed by atoms with Crippen LogP contribution in [0.2, 0.25) is 0 Å². The van der Waals surface area contributed by atoms with Crippen LogP contribution in [-0.2, 0) is 0 Å². The summed E-state index contributed by atoms with van der Waals surface area (Å²) in [6, 6.07) is 4.51. The van der Waals surface area contributed by atoms with E-state index in [0.717, 1.165) is 5.92 Å². The molecule has 2 rings (SSSR count). The summed E-state index contributed by atoms with van der Waals surface area (Å²) >= 11 is 0. The molecule has 0 aliphatic heterocycles. The maximum absolute atomic E-state index is 9.91. The van der Waals surface area contributed by atoms with Gasteiger partial charge in [-0.3, -0.25) is 0 Å². The molecule has 1 aliphatic rings. The van der Waals surface area contributed by atoms with E-state index < -0.39 is 6.10 Å². The zero-order valence-corrected chi connectivity index (χ0v) is 10.0. The summed E-state index contributed by atoms with van der Waals surface area (Å²) in [4.78, 5) is 0. The molecule has 1 heterocycles. The molecule has 0 spiro atoms. The van der Waals surface area contributed by atoms with E-state index in [1.807, 2.05) is 12.1 Å². The van der Waals surface area contributed by atoms with E-state index in [0.29, 0.717) is 24.3 Å². The van der Waals surface area contributed by atoms with Crippen LogP contribution in [0.1, 0.15) is 45.0 Å². The van der Waals surface area contributed by atoms with Gasteiger partial charge in [0, 0.05) is 12.1 Å². The van der Waals surface area contributed by atoms with Gasteiger partial charge in [-0.05, 0) is 51.2 Å². The SMILES string of the molecule is CC(CC(O)c1ccco1)NC(C)C1CC1. The van der Waals surface area contributed by atoms with Crippen LogP contribution >= 0.6 is 0 Å². The molecule has 1 aromatic heterocycles. The van der Waals surface area contributed by atoms with Gasteiger partial charge in [0.2, 0.25) is 0 Å². The maximum Gasteiger partial charge on any atom is 0.132 e. The Hall–Kier alpha value is -0.800. The van der Waals surface area contributed by atoms with Crippen molar-refractivity contribution in [3.8, 4) is 0 Å². The van der Waals surface area contributed by atoms with Crippen LogP contribution in [0.4, 0.5) is 0 Å². The van der Waals surface area contributed by atoms with E-state index in [-0.39, 0.29) is 0 Å². The maximum atomic E-state index is 9.91. The van der Waals surface area contributed by atoms with Crippen LogP contribution in [-0.4, -0.2) is 17.2 Å². The largest absolute Gasteiger partial charge is 0.467 e. The Morgan fingerprint density at radius 3 is 2.81 bits per heavy atom. The molecule has 3 unspecified atom stereocenters. The standard InChI is InChI=1S/C13H21NO2/c1-9(14-10(2)11-5-6-11)8-12(15)13-4-3-7-16-13/h3-4,7,9-12,14-15H,5-6,8H2,1-2H3. The second-order valence-electron chi connectivity index (χ2n) is 4.96. The highest BCUT2D eigenvalue weighted by Gasteiger charge is 2.28. The van der Waals surface area contributed by atoms with Crippen molar-refractivity contribution in [2.75, 3.05) is 0 Å². The average Bonchev–Trinajstić information content (AvgIpc) is 2.93. The van der Waals surface area contributed by atoms with Crippen molar-refractivity contribution >= 4 is 0 Å². The lowest BCUT2D eigenvalue weighted by atomic mass is 10.1. The number of aliphatic hydroxyl groups is 1. The van der Waals surface area contributed by atoms with Crippen LogP contribution < -0.4 is 5.32 Å². The van der Waals surface area contributed by atoms with Gasteiger partial charge >= 0.3 is 0 Å². The third kappa shape index (κ3) is 3.09. The lowest BCUT2D eigenvalue weighted by molar-refractivity contribution is 0.126. The Labute approximate surface area is 96.8 Å². The predicted molar refractivity (Wildman–Crippen MR) is 63.1 cm³/mol. The van der Waals surface area contributed by atoms with Crippen molar-refractivity contribution in [3.63, 3.8) is 0 Å². The van der Waals surface area contributed by atoms with Gasteiger partial charge in [-0.2, -0.15) is 0 Å². The van der Waals surface area contributed by atoms with Gasteiger partial charge in [0.1, 0.15) is 11.9 Å². The first-order chi connectivity index (χ1) is 7.66. The highest BCUT2D eigenvalue weighted by molar-refractivity contribution is 5.02. The Bertz CT molecular complexity index is 306. The minimum atomic E-state index is -0.496. The molecule has 1 aromatic rings. The molecule has 3 nitrogen and oxygen atoms in total. The molecule has 1 saturated carbocycles. The predicted octanol–water partition coefficient (Wildman–Crippen LogP) is 2.48. The normalized spacial score (nSPS) is 21.7. The van der Waals surface area contributed by atoms with Crippen molar-refractivity contribution in [2.24, 2.45) is 5.92 Å². The molecule has 3 heteroatoms. The first kappa shape index (κ1) is 11.7. The number of hydrogen-bond acceptors (Lipinski definition) is 3. The summed E-state index contributed by atoms with van der Waals surface area (Å²) < 4.78 is 5.18. The van der Waals surface area contributed by atoms with Crippen LogP contribution in [0, 0.1) is 5.92 Å². The molecule has 3 atom stereocenters. The first-order valence-electron chi connectivity index (χ1n) is 6.14. The second kappa shape index (κ2) is 5.02. The van der Waals surface area contributed by atoms with E-state index in [9.17, 15) is 5.11 Å². The topological polar surface area (TPSA) is 45.4 Å². The third-order valence-electron chi connectivity index (χ3n) is 3.32.